The van der Waals surface area contributed by atoms with Crippen LogP contribution in [0.5, 0.6) is 0 Å². The van der Waals surface area contributed by atoms with Gasteiger partial charge in [0.2, 0.25) is 0 Å². The van der Waals surface area contributed by atoms with Crippen LogP contribution in [0, 0.1) is 11.8 Å². The second-order valence-corrected chi connectivity index (χ2v) is 6.73. The van der Waals surface area contributed by atoms with Crippen LogP contribution in [-0.2, 0) is 0 Å². The van der Waals surface area contributed by atoms with E-state index in [0.29, 0.717) is 6.04 Å². The lowest BCUT2D eigenvalue weighted by Gasteiger charge is -2.29. The summed E-state index contributed by atoms with van der Waals surface area (Å²) in [5.41, 5.74) is 1.47. The smallest absolute Gasteiger partial charge is 0.0348 e. The molecule has 0 saturated heterocycles. The Labute approximate surface area is 131 Å². The van der Waals surface area contributed by atoms with Crippen LogP contribution in [0.1, 0.15) is 76.8 Å². The van der Waals surface area contributed by atoms with Crippen molar-refractivity contribution in [2.75, 3.05) is 6.54 Å². The highest BCUT2D eigenvalue weighted by Crippen LogP contribution is 2.29. The molecule has 0 amide bonds. The Morgan fingerprint density at radius 2 is 1.57 bits per heavy atom. The van der Waals surface area contributed by atoms with E-state index < -0.39 is 0 Å². The van der Waals surface area contributed by atoms with E-state index in [2.05, 4.69) is 49.5 Å². The van der Waals surface area contributed by atoms with Crippen molar-refractivity contribution in [3.63, 3.8) is 0 Å². The van der Waals surface area contributed by atoms with Gasteiger partial charge in [-0.25, -0.2) is 0 Å². The number of hydrogen-bond acceptors (Lipinski definition) is 1. The van der Waals surface area contributed by atoms with Gasteiger partial charge in [0, 0.05) is 6.04 Å². The van der Waals surface area contributed by atoms with Crippen LogP contribution < -0.4 is 5.32 Å². The minimum atomic E-state index is 0.532. The fourth-order valence-corrected chi connectivity index (χ4v) is 3.84. The molecule has 0 heterocycles. The summed E-state index contributed by atoms with van der Waals surface area (Å²) < 4.78 is 0. The monoisotopic (exact) mass is 287 g/mol. The highest BCUT2D eigenvalue weighted by Gasteiger charge is 2.21. The van der Waals surface area contributed by atoms with Crippen molar-refractivity contribution in [1.29, 1.82) is 0 Å². The van der Waals surface area contributed by atoms with Crippen LogP contribution >= 0.6 is 0 Å². The molecule has 1 aromatic carbocycles. The van der Waals surface area contributed by atoms with Gasteiger partial charge in [-0.2, -0.15) is 0 Å². The maximum atomic E-state index is 3.94. The average Bonchev–Trinajstić information content (AvgIpc) is 2.81. The Bertz CT molecular complexity index is 361. The fourth-order valence-electron chi connectivity index (χ4n) is 3.84. The molecule has 1 fully saturated rings. The average molecular weight is 287 g/mol. The second kappa shape index (κ2) is 9.25. The number of hydrogen-bond donors (Lipinski definition) is 1. The van der Waals surface area contributed by atoms with Gasteiger partial charge in [-0.15, -0.1) is 0 Å². The first-order valence-corrected chi connectivity index (χ1v) is 9.13. The summed E-state index contributed by atoms with van der Waals surface area (Å²) in [7, 11) is 0. The Kier molecular flexibility index (Phi) is 7.29. The quantitative estimate of drug-likeness (QED) is 0.632. The fraction of sp³-hybridized carbons (Fsp3) is 0.700. The predicted molar refractivity (Wildman–Crippen MR) is 92.4 cm³/mol. The summed E-state index contributed by atoms with van der Waals surface area (Å²) in [6.45, 7) is 5.87. The summed E-state index contributed by atoms with van der Waals surface area (Å²) in [4.78, 5) is 0. The maximum absolute atomic E-state index is 3.94. The molecule has 1 aromatic rings. The summed E-state index contributed by atoms with van der Waals surface area (Å²) in [6.07, 6.45) is 11.1. The molecule has 0 spiro atoms. The lowest BCUT2D eigenvalue weighted by molar-refractivity contribution is 0.309. The molecule has 1 aliphatic rings. The van der Waals surface area contributed by atoms with E-state index in [0.717, 1.165) is 11.8 Å². The van der Waals surface area contributed by atoms with Crippen molar-refractivity contribution >= 4 is 0 Å². The molecule has 0 aliphatic heterocycles. The van der Waals surface area contributed by atoms with E-state index in [-0.39, 0.29) is 0 Å². The lowest BCUT2D eigenvalue weighted by Crippen LogP contribution is -2.32. The zero-order valence-corrected chi connectivity index (χ0v) is 14.0. The van der Waals surface area contributed by atoms with Gasteiger partial charge < -0.3 is 5.32 Å². The molecule has 1 atom stereocenters. The number of nitrogens with one attached hydrogen (secondary N) is 1. The molecule has 1 nitrogen and oxygen atoms in total. The molecule has 1 saturated carbocycles. The topological polar surface area (TPSA) is 12.0 Å². The first-order chi connectivity index (χ1) is 10.3. The zero-order chi connectivity index (χ0) is 14.9. The normalized spacial score (nSPS) is 18.6. The van der Waals surface area contributed by atoms with Crippen LogP contribution in [0.25, 0.3) is 0 Å². The van der Waals surface area contributed by atoms with Gasteiger partial charge in [0.25, 0.3) is 0 Å². The van der Waals surface area contributed by atoms with Crippen molar-refractivity contribution < 1.29 is 0 Å². The van der Waals surface area contributed by atoms with Crippen molar-refractivity contribution in [3.05, 3.63) is 35.9 Å². The van der Waals surface area contributed by atoms with Gasteiger partial charge >= 0.3 is 0 Å². The highest BCUT2D eigenvalue weighted by molar-refractivity contribution is 5.19. The van der Waals surface area contributed by atoms with E-state index in [1.807, 2.05) is 0 Å². The Balaban J connectivity index is 1.98. The summed E-state index contributed by atoms with van der Waals surface area (Å²) in [5, 5.41) is 3.94. The van der Waals surface area contributed by atoms with Gasteiger partial charge in [-0.05, 0) is 36.8 Å². The minimum Gasteiger partial charge on any atom is -0.309 e. The molecule has 0 bridgehead atoms. The van der Waals surface area contributed by atoms with Crippen LogP contribution in [0.3, 0.4) is 0 Å². The van der Waals surface area contributed by atoms with E-state index in [9.17, 15) is 0 Å². The molecular weight excluding hydrogens is 254 g/mol. The molecule has 1 N–H and O–H groups in total. The van der Waals surface area contributed by atoms with Crippen molar-refractivity contribution in [2.24, 2.45) is 11.8 Å². The van der Waals surface area contributed by atoms with Gasteiger partial charge in [-0.1, -0.05) is 82.7 Å². The standard InChI is InChI=1S/C20H33N/c1-3-18(4-2)20(19-14-10-7-11-15-19)21-16-17-12-8-5-6-9-13-17/h7,10-11,14-15,17-18,20-21H,3-6,8-9,12-13,16H2,1-2H3. The first kappa shape index (κ1) is 16.5. The SMILES string of the molecule is CCC(CC)C(NCC1CCCCCC1)c1ccccc1. The third-order valence-electron chi connectivity index (χ3n) is 5.28. The van der Waals surface area contributed by atoms with Gasteiger partial charge in [-0.3, -0.25) is 0 Å². The van der Waals surface area contributed by atoms with Gasteiger partial charge in [0.05, 0.1) is 0 Å². The molecule has 0 aromatic heterocycles. The molecule has 0 radical (unpaired) electrons. The third kappa shape index (κ3) is 5.14. The van der Waals surface area contributed by atoms with E-state index in [4.69, 9.17) is 0 Å². The molecule has 2 rings (SSSR count). The molecule has 1 aliphatic carbocycles. The minimum absolute atomic E-state index is 0.532. The van der Waals surface area contributed by atoms with Crippen molar-refractivity contribution in [2.45, 2.75) is 71.3 Å². The Morgan fingerprint density at radius 3 is 2.14 bits per heavy atom. The molecule has 118 valence electrons. The van der Waals surface area contributed by atoms with Gasteiger partial charge in [0.1, 0.15) is 0 Å². The van der Waals surface area contributed by atoms with Crippen LogP contribution in [0.4, 0.5) is 0 Å². The third-order valence-corrected chi connectivity index (χ3v) is 5.28. The Hall–Kier alpha value is -0.820. The van der Waals surface area contributed by atoms with Gasteiger partial charge in [0.15, 0.2) is 0 Å². The predicted octanol–water partition coefficient (Wildman–Crippen LogP) is 5.72. The summed E-state index contributed by atoms with van der Waals surface area (Å²) in [5.74, 6) is 1.64. The van der Waals surface area contributed by atoms with Crippen LogP contribution in [0.2, 0.25) is 0 Å². The lowest BCUT2D eigenvalue weighted by atomic mass is 9.88. The molecule has 1 heteroatoms. The molecular formula is C20H33N. The largest absolute Gasteiger partial charge is 0.309 e. The van der Waals surface area contributed by atoms with Crippen molar-refractivity contribution in [3.8, 4) is 0 Å². The van der Waals surface area contributed by atoms with E-state index in [1.54, 1.807) is 0 Å². The zero-order valence-electron chi connectivity index (χ0n) is 14.0. The number of benzene rings is 1. The molecule has 21 heavy (non-hydrogen) atoms. The van der Waals surface area contributed by atoms with E-state index >= 15 is 0 Å². The van der Waals surface area contributed by atoms with Crippen molar-refractivity contribution in [1.82, 2.24) is 5.32 Å². The number of rotatable bonds is 7. The summed E-state index contributed by atoms with van der Waals surface area (Å²) in [6, 6.07) is 11.6. The highest BCUT2D eigenvalue weighted by atomic mass is 14.9. The van der Waals surface area contributed by atoms with Crippen LogP contribution in [0.15, 0.2) is 30.3 Å². The van der Waals surface area contributed by atoms with Crippen LogP contribution in [-0.4, -0.2) is 6.54 Å². The molecule has 1 unspecified atom stereocenters. The maximum Gasteiger partial charge on any atom is 0.0348 e. The second-order valence-electron chi connectivity index (χ2n) is 6.73. The summed E-state index contributed by atoms with van der Waals surface area (Å²) >= 11 is 0. The van der Waals surface area contributed by atoms with E-state index in [1.165, 1.54) is 63.5 Å². The first-order valence-electron chi connectivity index (χ1n) is 9.13. The Morgan fingerprint density at radius 1 is 0.952 bits per heavy atom.